The topological polar surface area (TPSA) is 202 Å². The third-order valence-electron chi connectivity index (χ3n) is 14.0. The lowest BCUT2D eigenvalue weighted by molar-refractivity contribution is -0.273. The quantitative estimate of drug-likeness (QED) is 0.242. The molecule has 0 amide bonds. The van der Waals surface area contributed by atoms with Crippen LogP contribution in [0.5, 0.6) is 0 Å². The highest BCUT2D eigenvalue weighted by Gasteiger charge is 2.83. The van der Waals surface area contributed by atoms with Gasteiger partial charge in [-0.3, -0.25) is 24.0 Å². The number of carbonyl (C=O) groups is 6. The predicted octanol–water partition coefficient (Wildman–Crippen LogP) is 1.41. The van der Waals surface area contributed by atoms with E-state index in [-0.39, 0.29) is 12.2 Å². The average molecular weight is 703 g/mol. The number of hydrogen-bond acceptors (Lipinski definition) is 14. The van der Waals surface area contributed by atoms with Crippen LogP contribution in [0, 0.1) is 57.7 Å². The Morgan fingerprint density at radius 2 is 1.38 bits per heavy atom. The van der Waals surface area contributed by atoms with Gasteiger partial charge in [-0.25, -0.2) is 4.79 Å². The first-order chi connectivity index (χ1) is 23.1. The van der Waals surface area contributed by atoms with Crippen LogP contribution in [-0.2, 0) is 57.2 Å². The number of ketones is 1. The van der Waals surface area contributed by atoms with Gasteiger partial charge in [0, 0.05) is 68.1 Å². The van der Waals surface area contributed by atoms with Crippen molar-refractivity contribution in [1.82, 2.24) is 0 Å². The average Bonchev–Trinajstić information content (AvgIpc) is 3.68. The number of aliphatic hydroxyl groups is 2. The minimum absolute atomic E-state index is 0.196. The SMILES string of the molecule is CC(=O)O[C@H]1C(=O)C2C[C@@H]3O[C@@H]3[C@H](OC(C)=O)[C@]2(C)C2C1C1[C@@H](O)C3C([C@H](C)C=C4OC(=O)[C@@](C)(O)[C@@]43C)[C@@]1(C)[C@@H](OC(C)=O)[C@H]2OC(C)=O. The van der Waals surface area contributed by atoms with Crippen molar-refractivity contribution in [2.75, 3.05) is 0 Å². The fourth-order valence-electron chi connectivity index (χ4n) is 12.2. The molecule has 2 saturated heterocycles. The molecule has 2 aliphatic heterocycles. The molecule has 0 radical (unpaired) electrons. The number of carbonyl (C=O) groups excluding carboxylic acids is 6. The smallest absolute Gasteiger partial charge is 0.343 e. The summed E-state index contributed by atoms with van der Waals surface area (Å²) >= 11 is 0. The molecule has 7 aliphatic rings. The van der Waals surface area contributed by atoms with Gasteiger partial charge >= 0.3 is 29.8 Å². The molecule has 0 aromatic heterocycles. The Morgan fingerprint density at radius 3 is 1.96 bits per heavy atom. The molecule has 18 atom stereocenters. The van der Waals surface area contributed by atoms with Crippen molar-refractivity contribution in [3.05, 3.63) is 11.8 Å². The second-order valence-corrected chi connectivity index (χ2v) is 16.5. The number of ether oxygens (including phenoxy) is 6. The lowest BCUT2D eigenvalue weighted by atomic mass is 9.41. The van der Waals surface area contributed by atoms with E-state index in [0.29, 0.717) is 0 Å². The number of epoxide rings is 1. The molecule has 2 heterocycles. The van der Waals surface area contributed by atoms with E-state index in [9.17, 15) is 39.0 Å². The molecule has 7 rings (SSSR count). The zero-order chi connectivity index (χ0) is 36.8. The number of allylic oxidation sites excluding steroid dienone is 1. The van der Waals surface area contributed by atoms with E-state index in [1.165, 1.54) is 34.6 Å². The van der Waals surface area contributed by atoms with Crippen molar-refractivity contribution < 1.29 is 67.4 Å². The molecule has 0 bridgehead atoms. The molecular formula is C36H46O14. The molecule has 274 valence electrons. The molecule has 5 aliphatic carbocycles. The van der Waals surface area contributed by atoms with Crippen molar-refractivity contribution in [2.24, 2.45) is 57.7 Å². The lowest BCUT2D eigenvalue weighted by Gasteiger charge is -2.65. The molecule has 0 spiro atoms. The second kappa shape index (κ2) is 10.8. The van der Waals surface area contributed by atoms with Gasteiger partial charge in [0.2, 0.25) is 0 Å². The summed E-state index contributed by atoms with van der Waals surface area (Å²) in [5.74, 6) is -9.97. The number of fused-ring (bicyclic) bond motifs is 10. The van der Waals surface area contributed by atoms with Gasteiger partial charge < -0.3 is 38.6 Å². The van der Waals surface area contributed by atoms with Crippen LogP contribution >= 0.6 is 0 Å². The van der Waals surface area contributed by atoms with Crippen molar-refractivity contribution in [3.63, 3.8) is 0 Å². The molecule has 14 heteroatoms. The molecule has 4 saturated carbocycles. The minimum Gasteiger partial charge on any atom is -0.459 e. The molecule has 6 unspecified atom stereocenters. The summed E-state index contributed by atoms with van der Waals surface area (Å²) in [6, 6.07) is 0. The summed E-state index contributed by atoms with van der Waals surface area (Å²) in [6.45, 7) is 13.2. The van der Waals surface area contributed by atoms with E-state index in [0.717, 1.165) is 0 Å². The Morgan fingerprint density at radius 1 is 0.800 bits per heavy atom. The number of esters is 5. The van der Waals surface area contributed by atoms with Gasteiger partial charge in [-0.05, 0) is 38.2 Å². The Bertz CT molecular complexity index is 1620. The van der Waals surface area contributed by atoms with Gasteiger partial charge in [0.1, 0.15) is 30.2 Å². The number of rotatable bonds is 4. The molecule has 50 heavy (non-hydrogen) atoms. The third-order valence-corrected chi connectivity index (χ3v) is 14.0. The lowest BCUT2D eigenvalue weighted by Crippen LogP contribution is -2.75. The number of Topliss-reactive ketones (excluding diaryl/α,β-unsaturated/α-hetero) is 1. The third kappa shape index (κ3) is 4.24. The van der Waals surface area contributed by atoms with Gasteiger partial charge in [0.05, 0.1) is 17.6 Å². The normalized spacial score (nSPS) is 52.3. The summed E-state index contributed by atoms with van der Waals surface area (Å²) in [4.78, 5) is 79.7. The van der Waals surface area contributed by atoms with Crippen LogP contribution < -0.4 is 0 Å². The molecular weight excluding hydrogens is 656 g/mol. The minimum atomic E-state index is -2.09. The van der Waals surface area contributed by atoms with E-state index in [1.54, 1.807) is 26.8 Å². The first kappa shape index (κ1) is 35.1. The fourth-order valence-corrected chi connectivity index (χ4v) is 12.2. The zero-order valence-corrected chi connectivity index (χ0v) is 29.7. The highest BCUT2D eigenvalue weighted by atomic mass is 16.6. The number of hydrogen-bond donors (Lipinski definition) is 2. The van der Waals surface area contributed by atoms with E-state index in [2.05, 4.69) is 0 Å². The van der Waals surface area contributed by atoms with Crippen molar-refractivity contribution >= 4 is 35.6 Å². The van der Waals surface area contributed by atoms with Crippen LogP contribution in [0.3, 0.4) is 0 Å². The van der Waals surface area contributed by atoms with Crippen molar-refractivity contribution in [1.29, 1.82) is 0 Å². The summed E-state index contributed by atoms with van der Waals surface area (Å²) in [7, 11) is 0. The van der Waals surface area contributed by atoms with E-state index >= 15 is 0 Å². The highest BCUT2D eigenvalue weighted by Crippen LogP contribution is 2.75. The first-order valence-corrected chi connectivity index (χ1v) is 17.4. The van der Waals surface area contributed by atoms with Gasteiger partial charge in [-0.1, -0.05) is 20.8 Å². The Kier molecular flexibility index (Phi) is 7.59. The summed E-state index contributed by atoms with van der Waals surface area (Å²) in [5, 5.41) is 24.7. The van der Waals surface area contributed by atoms with Gasteiger partial charge in [-0.15, -0.1) is 0 Å². The first-order valence-electron chi connectivity index (χ1n) is 17.4. The van der Waals surface area contributed by atoms with Crippen molar-refractivity contribution in [3.8, 4) is 0 Å². The van der Waals surface area contributed by atoms with Gasteiger partial charge in [-0.2, -0.15) is 0 Å². The largest absolute Gasteiger partial charge is 0.459 e. The molecule has 0 aromatic carbocycles. The maximum absolute atomic E-state index is 14.8. The number of aliphatic hydroxyl groups excluding tert-OH is 1. The molecule has 2 N–H and O–H groups in total. The van der Waals surface area contributed by atoms with Crippen LogP contribution in [0.1, 0.15) is 68.7 Å². The van der Waals surface area contributed by atoms with Crippen molar-refractivity contribution in [2.45, 2.75) is 117 Å². The van der Waals surface area contributed by atoms with Crippen LogP contribution in [0.2, 0.25) is 0 Å². The second-order valence-electron chi connectivity index (χ2n) is 16.5. The maximum Gasteiger partial charge on any atom is 0.343 e. The molecule has 0 aromatic rings. The fraction of sp³-hybridized carbons (Fsp3) is 0.778. The maximum atomic E-state index is 14.8. The molecule has 6 fully saturated rings. The Balaban J connectivity index is 1.53. The highest BCUT2D eigenvalue weighted by molar-refractivity contribution is 5.90. The van der Waals surface area contributed by atoms with E-state index < -0.39 is 142 Å². The van der Waals surface area contributed by atoms with Gasteiger partial charge in [0.25, 0.3) is 0 Å². The Hall–Kier alpha value is -3.36. The predicted molar refractivity (Wildman–Crippen MR) is 166 cm³/mol. The molecule has 14 nitrogen and oxygen atoms in total. The summed E-state index contributed by atoms with van der Waals surface area (Å²) in [5.41, 5.74) is -6.22. The summed E-state index contributed by atoms with van der Waals surface area (Å²) in [6.07, 6.45) is -5.43. The van der Waals surface area contributed by atoms with Gasteiger partial charge in [0.15, 0.2) is 17.5 Å². The van der Waals surface area contributed by atoms with Crippen LogP contribution in [-0.4, -0.2) is 94.2 Å². The van der Waals surface area contributed by atoms with Crippen LogP contribution in [0.15, 0.2) is 11.8 Å². The monoisotopic (exact) mass is 702 g/mol. The van der Waals surface area contributed by atoms with E-state index in [1.807, 2.05) is 6.92 Å². The van der Waals surface area contributed by atoms with Crippen LogP contribution in [0.4, 0.5) is 0 Å². The van der Waals surface area contributed by atoms with E-state index in [4.69, 9.17) is 28.4 Å². The standard InChI is InChI=1S/C36H46O14/c1-12-10-19-35(8,36(9,44)32(43)50-19)24-21(12)34(7)22(26(24)42)20-23(29(46-14(3)38)31(34)48-16(5)40)33(6)17(25(41)28(20)45-13(2)37)11-18-27(49-18)30(33)47-15(4)39/h10,12,17-18,20-24,26-31,42,44H,11H2,1-9H3/t12-,17?,18+,20?,21?,22?,23?,24?,26-,27+,28-,29+,30+,31+,33+,34-,35+,36-/m1/s1. The summed E-state index contributed by atoms with van der Waals surface area (Å²) < 4.78 is 35.9. The zero-order valence-electron chi connectivity index (χ0n) is 29.7. The Labute approximate surface area is 289 Å². The van der Waals surface area contributed by atoms with Crippen LogP contribution in [0.25, 0.3) is 0 Å².